The second-order valence-corrected chi connectivity index (χ2v) is 5.43. The van der Waals surface area contributed by atoms with Crippen LogP contribution in [0, 0.1) is 0 Å². The van der Waals surface area contributed by atoms with Gasteiger partial charge in [-0.15, -0.1) is 10.2 Å². The number of para-hydroxylation sites is 1. The summed E-state index contributed by atoms with van der Waals surface area (Å²) in [5.74, 6) is 0.323. The maximum atomic E-state index is 12.0. The summed E-state index contributed by atoms with van der Waals surface area (Å²) in [6.07, 6.45) is 1.33. The Kier molecular flexibility index (Phi) is 5.73. The first kappa shape index (κ1) is 18.1. The van der Waals surface area contributed by atoms with Gasteiger partial charge in [-0.1, -0.05) is 36.4 Å². The highest BCUT2D eigenvalue weighted by Gasteiger charge is 2.09. The van der Waals surface area contributed by atoms with Gasteiger partial charge in [0.05, 0.1) is 12.8 Å². The molecule has 0 atom stereocenters. The second kappa shape index (κ2) is 8.56. The summed E-state index contributed by atoms with van der Waals surface area (Å²) in [5.41, 5.74) is 3.59. The maximum Gasteiger partial charge on any atom is 0.263 e. The Morgan fingerprint density at radius 2 is 2.07 bits per heavy atom. The Balaban J connectivity index is 1.58. The molecule has 9 heteroatoms. The Morgan fingerprint density at radius 1 is 1.26 bits per heavy atom. The minimum Gasteiger partial charge on any atom is -0.504 e. The van der Waals surface area contributed by atoms with Crippen molar-refractivity contribution < 1.29 is 14.6 Å². The van der Waals surface area contributed by atoms with Crippen molar-refractivity contribution in [3.8, 4) is 22.9 Å². The number of aromatic nitrogens is 4. The molecule has 0 aliphatic heterocycles. The fraction of sp³-hybridized carbons (Fsp3) is 0.167. The molecule has 0 fully saturated rings. The van der Waals surface area contributed by atoms with E-state index < -0.39 is 5.91 Å². The first-order chi connectivity index (χ1) is 13.2. The molecular weight excluding hydrogens is 348 g/mol. The van der Waals surface area contributed by atoms with Crippen molar-refractivity contribution >= 4 is 12.1 Å². The molecule has 2 aromatic carbocycles. The zero-order valence-corrected chi connectivity index (χ0v) is 14.6. The molecule has 138 valence electrons. The van der Waals surface area contributed by atoms with Gasteiger partial charge in [-0.3, -0.25) is 4.79 Å². The molecule has 2 N–H and O–H groups in total. The average molecular weight is 366 g/mol. The van der Waals surface area contributed by atoms with E-state index in [9.17, 15) is 9.90 Å². The van der Waals surface area contributed by atoms with Crippen molar-refractivity contribution in [3.05, 3.63) is 54.1 Å². The molecule has 0 saturated heterocycles. The van der Waals surface area contributed by atoms with Gasteiger partial charge in [0.15, 0.2) is 11.5 Å². The third kappa shape index (κ3) is 4.66. The molecule has 0 aliphatic carbocycles. The summed E-state index contributed by atoms with van der Waals surface area (Å²) in [4.78, 5) is 13.1. The molecule has 9 nitrogen and oxygen atoms in total. The van der Waals surface area contributed by atoms with E-state index in [0.29, 0.717) is 23.7 Å². The fourth-order valence-corrected chi connectivity index (χ4v) is 2.27. The van der Waals surface area contributed by atoms with Gasteiger partial charge in [-0.25, -0.2) is 5.43 Å². The number of hydrogen-bond donors (Lipinski definition) is 2. The van der Waals surface area contributed by atoms with E-state index in [0.717, 1.165) is 5.56 Å². The molecule has 0 bridgehead atoms. The highest BCUT2D eigenvalue weighted by Crippen LogP contribution is 2.28. The van der Waals surface area contributed by atoms with Gasteiger partial charge in [0.2, 0.25) is 5.82 Å². The first-order valence-electron chi connectivity index (χ1n) is 8.27. The summed E-state index contributed by atoms with van der Waals surface area (Å²) >= 11 is 0. The molecule has 0 unspecified atom stereocenters. The SMILES string of the molecule is CCOc1cccc(C=NNC(=O)Cn2nnc(-c3ccccc3)n2)c1O. The Morgan fingerprint density at radius 3 is 2.85 bits per heavy atom. The van der Waals surface area contributed by atoms with Crippen LogP contribution in [-0.2, 0) is 11.3 Å². The molecule has 1 heterocycles. The number of aromatic hydroxyl groups is 1. The van der Waals surface area contributed by atoms with Crippen molar-refractivity contribution in [2.45, 2.75) is 13.5 Å². The molecule has 27 heavy (non-hydrogen) atoms. The third-order valence-corrected chi connectivity index (χ3v) is 3.49. The minimum absolute atomic E-state index is 0.0391. The van der Waals surface area contributed by atoms with Crippen LogP contribution in [0.25, 0.3) is 11.4 Å². The summed E-state index contributed by atoms with van der Waals surface area (Å²) in [6, 6.07) is 14.4. The molecule has 1 amide bonds. The summed E-state index contributed by atoms with van der Waals surface area (Å²) < 4.78 is 5.30. The fourth-order valence-electron chi connectivity index (χ4n) is 2.27. The lowest BCUT2D eigenvalue weighted by molar-refractivity contribution is -0.122. The minimum atomic E-state index is -0.427. The Hall–Kier alpha value is -3.75. The number of carbonyl (C=O) groups is 1. The zero-order valence-electron chi connectivity index (χ0n) is 14.6. The molecular formula is C18H18N6O3. The summed E-state index contributed by atoms with van der Waals surface area (Å²) in [7, 11) is 0. The van der Waals surface area contributed by atoms with Crippen LogP contribution in [0.15, 0.2) is 53.6 Å². The number of hydrazone groups is 1. The van der Waals surface area contributed by atoms with Crippen LogP contribution >= 0.6 is 0 Å². The number of rotatable bonds is 7. The molecule has 0 saturated carbocycles. The Labute approximate surface area is 155 Å². The highest BCUT2D eigenvalue weighted by molar-refractivity contribution is 5.86. The van der Waals surface area contributed by atoms with Crippen LogP contribution in [0.5, 0.6) is 11.5 Å². The van der Waals surface area contributed by atoms with E-state index >= 15 is 0 Å². The van der Waals surface area contributed by atoms with E-state index in [1.54, 1.807) is 18.2 Å². The van der Waals surface area contributed by atoms with Gasteiger partial charge < -0.3 is 9.84 Å². The summed E-state index contributed by atoms with van der Waals surface area (Å²) in [6.45, 7) is 2.12. The highest BCUT2D eigenvalue weighted by atomic mass is 16.5. The van der Waals surface area contributed by atoms with Crippen molar-refractivity contribution in [2.75, 3.05) is 6.61 Å². The van der Waals surface area contributed by atoms with Crippen molar-refractivity contribution in [1.29, 1.82) is 0 Å². The number of benzene rings is 2. The van der Waals surface area contributed by atoms with Crippen LogP contribution in [-0.4, -0.2) is 44.0 Å². The van der Waals surface area contributed by atoms with Crippen LogP contribution in [0.2, 0.25) is 0 Å². The topological polar surface area (TPSA) is 115 Å². The van der Waals surface area contributed by atoms with Crippen LogP contribution < -0.4 is 10.2 Å². The average Bonchev–Trinajstić information content (AvgIpc) is 3.14. The van der Waals surface area contributed by atoms with E-state index in [2.05, 4.69) is 25.9 Å². The first-order valence-corrected chi connectivity index (χ1v) is 8.27. The lowest BCUT2D eigenvalue weighted by atomic mass is 10.2. The van der Waals surface area contributed by atoms with Gasteiger partial charge in [-0.05, 0) is 24.3 Å². The zero-order chi connectivity index (χ0) is 19.1. The predicted molar refractivity (Wildman–Crippen MR) is 98.3 cm³/mol. The van der Waals surface area contributed by atoms with Crippen molar-refractivity contribution in [3.63, 3.8) is 0 Å². The number of phenolic OH excluding ortho intramolecular Hbond substituents is 1. The van der Waals surface area contributed by atoms with Crippen molar-refractivity contribution in [2.24, 2.45) is 5.10 Å². The van der Waals surface area contributed by atoms with Gasteiger partial charge in [0, 0.05) is 11.1 Å². The number of tetrazole rings is 1. The lowest BCUT2D eigenvalue weighted by Gasteiger charge is -2.07. The van der Waals surface area contributed by atoms with E-state index in [4.69, 9.17) is 4.74 Å². The number of phenols is 1. The van der Waals surface area contributed by atoms with E-state index in [1.165, 1.54) is 11.0 Å². The van der Waals surface area contributed by atoms with E-state index in [-0.39, 0.29) is 12.3 Å². The monoisotopic (exact) mass is 366 g/mol. The lowest BCUT2D eigenvalue weighted by Crippen LogP contribution is -2.24. The number of hydrogen-bond acceptors (Lipinski definition) is 7. The van der Waals surface area contributed by atoms with Crippen molar-refractivity contribution in [1.82, 2.24) is 25.6 Å². The maximum absolute atomic E-state index is 12.0. The second-order valence-electron chi connectivity index (χ2n) is 5.43. The molecule has 3 aromatic rings. The molecule has 0 radical (unpaired) electrons. The molecule has 0 spiro atoms. The quantitative estimate of drug-likeness (QED) is 0.485. The van der Waals surface area contributed by atoms with Gasteiger partial charge in [0.1, 0.15) is 6.54 Å². The third-order valence-electron chi connectivity index (χ3n) is 3.49. The van der Waals surface area contributed by atoms with Crippen LogP contribution in [0.4, 0.5) is 0 Å². The summed E-state index contributed by atoms with van der Waals surface area (Å²) in [5, 5.41) is 25.8. The Bertz CT molecular complexity index is 939. The molecule has 3 rings (SSSR count). The van der Waals surface area contributed by atoms with Crippen LogP contribution in [0.3, 0.4) is 0 Å². The number of ether oxygens (including phenoxy) is 1. The molecule has 1 aromatic heterocycles. The predicted octanol–water partition coefficient (Wildman–Crippen LogP) is 1.59. The van der Waals surface area contributed by atoms with Gasteiger partial charge >= 0.3 is 0 Å². The number of nitrogens with zero attached hydrogens (tertiary/aromatic N) is 5. The van der Waals surface area contributed by atoms with Gasteiger partial charge in [-0.2, -0.15) is 9.90 Å². The molecule has 0 aliphatic rings. The van der Waals surface area contributed by atoms with E-state index in [1.807, 2.05) is 37.3 Å². The van der Waals surface area contributed by atoms with Crippen LogP contribution in [0.1, 0.15) is 12.5 Å². The number of carbonyl (C=O) groups excluding carboxylic acids is 1. The number of amides is 1. The normalized spacial score (nSPS) is 10.9. The van der Waals surface area contributed by atoms with Gasteiger partial charge in [0.25, 0.3) is 5.91 Å². The number of nitrogens with one attached hydrogen (secondary N) is 1. The standard InChI is InChI=1S/C18H18N6O3/c1-2-27-15-10-6-9-14(17(15)26)11-19-20-16(25)12-24-22-18(21-23-24)13-7-4-3-5-8-13/h3-11,26H,2,12H2,1H3,(H,20,25). The largest absolute Gasteiger partial charge is 0.504 e. The smallest absolute Gasteiger partial charge is 0.263 e.